The van der Waals surface area contributed by atoms with Crippen LogP contribution in [0.3, 0.4) is 0 Å². The van der Waals surface area contributed by atoms with Crippen LogP contribution >= 0.6 is 0 Å². The Labute approximate surface area is 108 Å². The number of hydrogen-bond donors (Lipinski definition) is 1. The number of rotatable bonds is 4. The molecule has 1 aliphatic heterocycles. The molecule has 4 heteroatoms. The highest BCUT2D eigenvalue weighted by Crippen LogP contribution is 2.17. The van der Waals surface area contributed by atoms with Crippen LogP contribution in [0.2, 0.25) is 0 Å². The Morgan fingerprint density at radius 2 is 2.22 bits per heavy atom. The summed E-state index contributed by atoms with van der Waals surface area (Å²) in [5, 5.41) is 3.30. The second-order valence-corrected chi connectivity index (χ2v) is 4.91. The van der Waals surface area contributed by atoms with Gasteiger partial charge >= 0.3 is 0 Å². The predicted octanol–water partition coefficient (Wildman–Crippen LogP) is 1.43. The first-order valence-corrected chi connectivity index (χ1v) is 6.63. The average Bonchev–Trinajstić information content (AvgIpc) is 2.82. The molecule has 2 atom stereocenters. The Kier molecular flexibility index (Phi) is 4.31. The number of aromatic nitrogens is 1. The van der Waals surface area contributed by atoms with Gasteiger partial charge in [0.2, 0.25) is 5.91 Å². The number of carbonyl (C=O) groups is 1. The van der Waals surface area contributed by atoms with Crippen molar-refractivity contribution < 1.29 is 4.79 Å². The molecule has 1 saturated heterocycles. The molecule has 2 heterocycles. The molecule has 1 aromatic heterocycles. The molecule has 4 nitrogen and oxygen atoms in total. The predicted molar refractivity (Wildman–Crippen MR) is 70.9 cm³/mol. The summed E-state index contributed by atoms with van der Waals surface area (Å²) < 4.78 is 0. The van der Waals surface area contributed by atoms with Crippen molar-refractivity contribution in [2.75, 3.05) is 13.1 Å². The first kappa shape index (κ1) is 13.0. The maximum atomic E-state index is 12.4. The van der Waals surface area contributed by atoms with E-state index in [1.807, 2.05) is 24.0 Å². The van der Waals surface area contributed by atoms with Crippen molar-refractivity contribution in [3.05, 3.63) is 30.1 Å². The van der Waals surface area contributed by atoms with Crippen LogP contribution in [-0.4, -0.2) is 34.9 Å². The van der Waals surface area contributed by atoms with Crippen LogP contribution in [-0.2, 0) is 11.3 Å². The lowest BCUT2D eigenvalue weighted by molar-refractivity contribution is -0.134. The zero-order chi connectivity index (χ0) is 13.0. The van der Waals surface area contributed by atoms with Gasteiger partial charge in [-0.2, -0.15) is 0 Å². The van der Waals surface area contributed by atoms with Crippen LogP contribution in [0.25, 0.3) is 0 Å². The molecular formula is C14H21N3O. The fraction of sp³-hybridized carbons (Fsp3) is 0.571. The maximum absolute atomic E-state index is 12.4. The first-order valence-electron chi connectivity index (χ1n) is 6.63. The Hall–Kier alpha value is -1.42. The van der Waals surface area contributed by atoms with E-state index in [0.717, 1.165) is 25.1 Å². The minimum Gasteiger partial charge on any atom is -0.337 e. The van der Waals surface area contributed by atoms with Gasteiger partial charge in [0.1, 0.15) is 0 Å². The van der Waals surface area contributed by atoms with Gasteiger partial charge in [0.05, 0.1) is 6.04 Å². The number of pyridine rings is 1. The van der Waals surface area contributed by atoms with Gasteiger partial charge in [0, 0.05) is 25.5 Å². The topological polar surface area (TPSA) is 45.2 Å². The lowest BCUT2D eigenvalue weighted by Gasteiger charge is -2.26. The van der Waals surface area contributed by atoms with E-state index in [1.165, 1.54) is 0 Å². The van der Waals surface area contributed by atoms with E-state index in [-0.39, 0.29) is 11.9 Å². The number of nitrogens with zero attached hydrogens (tertiary/aromatic N) is 2. The minimum atomic E-state index is -0.00760. The normalized spacial score (nSPS) is 23.0. The summed E-state index contributed by atoms with van der Waals surface area (Å²) in [5.74, 6) is 0.656. The third-order valence-corrected chi connectivity index (χ3v) is 3.62. The molecule has 0 spiro atoms. The standard InChI is InChI=1S/C14H21N3O/c1-3-17(10-12-5-7-15-8-6-12)14(18)13-11(2)4-9-16-13/h5-8,11,13,16H,3-4,9-10H2,1-2H3. The van der Waals surface area contributed by atoms with Gasteiger partial charge in [0.25, 0.3) is 0 Å². The zero-order valence-corrected chi connectivity index (χ0v) is 11.1. The van der Waals surface area contributed by atoms with Gasteiger partial charge in [-0.3, -0.25) is 9.78 Å². The molecule has 0 saturated carbocycles. The molecule has 18 heavy (non-hydrogen) atoms. The van der Waals surface area contributed by atoms with Crippen LogP contribution in [0.1, 0.15) is 25.8 Å². The van der Waals surface area contributed by atoms with Crippen LogP contribution < -0.4 is 5.32 Å². The van der Waals surface area contributed by atoms with Crippen molar-refractivity contribution >= 4 is 5.91 Å². The van der Waals surface area contributed by atoms with E-state index in [4.69, 9.17) is 0 Å². The summed E-state index contributed by atoms with van der Waals surface area (Å²) in [6.45, 7) is 6.53. The number of nitrogens with one attached hydrogen (secondary N) is 1. The van der Waals surface area contributed by atoms with E-state index in [0.29, 0.717) is 12.5 Å². The Morgan fingerprint density at radius 3 is 2.78 bits per heavy atom. The summed E-state index contributed by atoms with van der Waals surface area (Å²) in [6, 6.07) is 3.91. The van der Waals surface area contributed by atoms with E-state index in [2.05, 4.69) is 17.2 Å². The zero-order valence-electron chi connectivity index (χ0n) is 11.1. The lowest BCUT2D eigenvalue weighted by atomic mass is 10.0. The fourth-order valence-corrected chi connectivity index (χ4v) is 2.42. The molecule has 1 N–H and O–H groups in total. The molecular weight excluding hydrogens is 226 g/mol. The fourth-order valence-electron chi connectivity index (χ4n) is 2.42. The van der Waals surface area contributed by atoms with Crippen LogP contribution in [0.4, 0.5) is 0 Å². The number of amides is 1. The minimum absolute atomic E-state index is 0.00760. The van der Waals surface area contributed by atoms with Crippen molar-refractivity contribution in [3.8, 4) is 0 Å². The van der Waals surface area contributed by atoms with Gasteiger partial charge < -0.3 is 10.2 Å². The summed E-state index contributed by atoms with van der Waals surface area (Å²) in [6.07, 6.45) is 4.62. The average molecular weight is 247 g/mol. The Balaban J connectivity index is 2.02. The summed E-state index contributed by atoms with van der Waals surface area (Å²) in [7, 11) is 0. The number of likely N-dealkylation sites (N-methyl/N-ethyl adjacent to an activating group) is 1. The molecule has 1 aliphatic rings. The third-order valence-electron chi connectivity index (χ3n) is 3.62. The monoisotopic (exact) mass is 247 g/mol. The quantitative estimate of drug-likeness (QED) is 0.875. The third kappa shape index (κ3) is 2.88. The van der Waals surface area contributed by atoms with Gasteiger partial charge in [-0.1, -0.05) is 6.92 Å². The molecule has 1 aromatic rings. The summed E-state index contributed by atoms with van der Waals surface area (Å²) in [4.78, 5) is 18.3. The number of hydrogen-bond acceptors (Lipinski definition) is 3. The van der Waals surface area contributed by atoms with Crippen LogP contribution in [0.15, 0.2) is 24.5 Å². The largest absolute Gasteiger partial charge is 0.337 e. The maximum Gasteiger partial charge on any atom is 0.240 e. The van der Waals surface area contributed by atoms with E-state index in [1.54, 1.807) is 12.4 Å². The summed E-state index contributed by atoms with van der Waals surface area (Å²) >= 11 is 0. The highest BCUT2D eigenvalue weighted by Gasteiger charge is 2.31. The Bertz CT molecular complexity index is 393. The van der Waals surface area contributed by atoms with E-state index < -0.39 is 0 Å². The lowest BCUT2D eigenvalue weighted by Crippen LogP contribution is -2.45. The molecule has 0 radical (unpaired) electrons. The molecule has 0 bridgehead atoms. The molecule has 2 rings (SSSR count). The van der Waals surface area contributed by atoms with Crippen molar-refractivity contribution in [2.45, 2.75) is 32.9 Å². The van der Waals surface area contributed by atoms with Gasteiger partial charge in [-0.05, 0) is 43.5 Å². The van der Waals surface area contributed by atoms with Crippen molar-refractivity contribution in [1.82, 2.24) is 15.2 Å². The highest BCUT2D eigenvalue weighted by molar-refractivity contribution is 5.82. The Morgan fingerprint density at radius 1 is 1.50 bits per heavy atom. The molecule has 0 aromatic carbocycles. The molecule has 1 fully saturated rings. The highest BCUT2D eigenvalue weighted by atomic mass is 16.2. The van der Waals surface area contributed by atoms with E-state index in [9.17, 15) is 4.79 Å². The van der Waals surface area contributed by atoms with E-state index >= 15 is 0 Å². The van der Waals surface area contributed by atoms with Crippen LogP contribution in [0.5, 0.6) is 0 Å². The molecule has 2 unspecified atom stereocenters. The van der Waals surface area contributed by atoms with Crippen molar-refractivity contribution in [3.63, 3.8) is 0 Å². The summed E-state index contributed by atoms with van der Waals surface area (Å²) in [5.41, 5.74) is 1.13. The first-order chi connectivity index (χ1) is 8.72. The van der Waals surface area contributed by atoms with Gasteiger partial charge in [-0.15, -0.1) is 0 Å². The SMILES string of the molecule is CCN(Cc1ccncc1)C(=O)C1NCCC1C. The van der Waals surface area contributed by atoms with Crippen molar-refractivity contribution in [1.29, 1.82) is 0 Å². The van der Waals surface area contributed by atoms with Gasteiger partial charge in [-0.25, -0.2) is 0 Å². The molecule has 0 aliphatic carbocycles. The molecule has 98 valence electrons. The van der Waals surface area contributed by atoms with Crippen molar-refractivity contribution in [2.24, 2.45) is 5.92 Å². The van der Waals surface area contributed by atoms with Crippen LogP contribution in [0, 0.1) is 5.92 Å². The second-order valence-electron chi connectivity index (χ2n) is 4.91. The number of carbonyl (C=O) groups excluding carboxylic acids is 1. The van der Waals surface area contributed by atoms with Gasteiger partial charge in [0.15, 0.2) is 0 Å². The molecule has 1 amide bonds. The smallest absolute Gasteiger partial charge is 0.240 e. The second kappa shape index (κ2) is 5.96.